The van der Waals surface area contributed by atoms with Crippen molar-refractivity contribution >= 4 is 17.8 Å². The van der Waals surface area contributed by atoms with Gasteiger partial charge in [0.25, 0.3) is 0 Å². The summed E-state index contributed by atoms with van der Waals surface area (Å²) in [6, 6.07) is 10.2. The zero-order valence-corrected chi connectivity index (χ0v) is 12.3. The topological polar surface area (TPSA) is 73.8 Å². The van der Waals surface area contributed by atoms with Crippen LogP contribution in [0, 0.1) is 0 Å². The van der Waals surface area contributed by atoms with E-state index in [1.165, 1.54) is 5.56 Å². The van der Waals surface area contributed by atoms with Crippen molar-refractivity contribution in [2.45, 2.75) is 19.9 Å². The first-order valence-corrected chi connectivity index (χ1v) is 7.11. The van der Waals surface area contributed by atoms with Crippen LogP contribution in [-0.4, -0.2) is 42.3 Å². The fraction of sp³-hybridized carbons (Fsp3) is 0.400. The molecule has 1 aromatic rings. The lowest BCUT2D eigenvalue weighted by molar-refractivity contribution is -0.135. The van der Waals surface area contributed by atoms with Crippen LogP contribution in [0.4, 0.5) is 0 Å². The van der Waals surface area contributed by atoms with Gasteiger partial charge in [0.1, 0.15) is 0 Å². The molecule has 2 N–H and O–H groups in total. The Balaban J connectivity index is 2.15. The number of nitrogens with one attached hydrogen (secondary N) is 2. The van der Waals surface area contributed by atoms with E-state index in [2.05, 4.69) is 46.5 Å². The number of carbonyl (C=O) groups is 2. The number of benzene rings is 1. The van der Waals surface area contributed by atoms with E-state index in [-0.39, 0.29) is 12.0 Å². The number of nitrogens with zero attached hydrogens (tertiary/aromatic N) is 2. The molecular weight excluding hydrogens is 268 g/mol. The van der Waals surface area contributed by atoms with E-state index in [0.29, 0.717) is 6.54 Å². The minimum Gasteiger partial charge on any atom is -0.295 e. The van der Waals surface area contributed by atoms with Crippen molar-refractivity contribution in [2.75, 3.05) is 19.6 Å². The Morgan fingerprint density at radius 2 is 1.62 bits per heavy atom. The lowest BCUT2D eigenvalue weighted by atomic mass is 10.1. The number of amides is 2. The highest BCUT2D eigenvalue weighted by Gasteiger charge is 2.26. The Bertz CT molecular complexity index is 520. The number of rotatable bonds is 6. The van der Waals surface area contributed by atoms with Gasteiger partial charge in [-0.2, -0.15) is 0 Å². The monoisotopic (exact) mass is 288 g/mol. The summed E-state index contributed by atoms with van der Waals surface area (Å²) in [6.45, 7) is 6.48. The van der Waals surface area contributed by atoms with Crippen LogP contribution in [-0.2, 0) is 9.59 Å². The first-order valence-electron chi connectivity index (χ1n) is 7.11. The predicted octanol–water partition coefficient (Wildman–Crippen LogP) is 0.672. The van der Waals surface area contributed by atoms with Gasteiger partial charge in [-0.05, 0) is 18.7 Å². The number of carbonyl (C=O) groups excluding carboxylic acids is 2. The molecule has 6 heteroatoms. The molecule has 0 aliphatic carbocycles. The maximum Gasteiger partial charge on any atom is 0.316 e. The summed E-state index contributed by atoms with van der Waals surface area (Å²) in [6.07, 6.45) is 0. The minimum absolute atomic E-state index is 0.114. The van der Waals surface area contributed by atoms with Gasteiger partial charge in [0.15, 0.2) is 0 Å². The van der Waals surface area contributed by atoms with Crippen LogP contribution < -0.4 is 10.6 Å². The molecule has 0 aromatic heterocycles. The van der Waals surface area contributed by atoms with Crippen molar-refractivity contribution in [3.63, 3.8) is 0 Å². The third kappa shape index (κ3) is 3.66. The number of hydrogen-bond donors (Lipinski definition) is 2. The normalized spacial score (nSPS) is 15.9. The van der Waals surface area contributed by atoms with Crippen LogP contribution >= 0.6 is 0 Å². The lowest BCUT2D eigenvalue weighted by Crippen LogP contribution is -2.32. The van der Waals surface area contributed by atoms with Crippen LogP contribution in [0.5, 0.6) is 0 Å². The molecule has 1 aliphatic heterocycles. The van der Waals surface area contributed by atoms with Crippen molar-refractivity contribution in [1.82, 2.24) is 15.5 Å². The second-order valence-electron chi connectivity index (χ2n) is 4.75. The van der Waals surface area contributed by atoms with Gasteiger partial charge in [-0.25, -0.2) is 0 Å². The molecule has 1 heterocycles. The van der Waals surface area contributed by atoms with Gasteiger partial charge >= 0.3 is 11.8 Å². The summed E-state index contributed by atoms with van der Waals surface area (Å²) in [5.41, 5.74) is 1.17. The number of aliphatic imine (C=N–C) groups is 1. The zero-order chi connectivity index (χ0) is 15.2. The SMILES string of the molecule is CCN(CC)C(CN=C1NC(=O)C(=O)N1)c1ccccc1. The average molecular weight is 288 g/mol. The molecule has 1 unspecified atom stereocenters. The molecule has 1 saturated heterocycles. The minimum atomic E-state index is -0.659. The van der Waals surface area contributed by atoms with Crippen molar-refractivity contribution in [2.24, 2.45) is 4.99 Å². The molecule has 112 valence electrons. The van der Waals surface area contributed by atoms with Gasteiger partial charge in [0.2, 0.25) is 5.96 Å². The lowest BCUT2D eigenvalue weighted by Gasteiger charge is -2.28. The molecule has 1 aliphatic rings. The maximum absolute atomic E-state index is 11.1. The molecule has 6 nitrogen and oxygen atoms in total. The van der Waals surface area contributed by atoms with Crippen LogP contribution in [0.2, 0.25) is 0 Å². The van der Waals surface area contributed by atoms with Crippen molar-refractivity contribution in [3.8, 4) is 0 Å². The second-order valence-corrected chi connectivity index (χ2v) is 4.75. The third-order valence-corrected chi connectivity index (χ3v) is 3.53. The summed E-state index contributed by atoms with van der Waals surface area (Å²) >= 11 is 0. The molecule has 21 heavy (non-hydrogen) atoms. The van der Waals surface area contributed by atoms with Gasteiger partial charge in [-0.1, -0.05) is 44.2 Å². The number of guanidine groups is 1. The van der Waals surface area contributed by atoms with E-state index in [4.69, 9.17) is 0 Å². The Kier molecular flexibility index (Phi) is 5.05. The highest BCUT2D eigenvalue weighted by molar-refractivity contribution is 6.45. The summed E-state index contributed by atoms with van der Waals surface area (Å²) in [5, 5.41) is 4.83. The Morgan fingerprint density at radius 1 is 1.05 bits per heavy atom. The molecule has 2 rings (SSSR count). The van der Waals surface area contributed by atoms with Gasteiger partial charge in [-0.3, -0.25) is 30.1 Å². The molecule has 0 radical (unpaired) electrons. The maximum atomic E-state index is 11.1. The van der Waals surface area contributed by atoms with Crippen LogP contribution in [0.1, 0.15) is 25.5 Å². The molecule has 2 amide bonds. The standard InChI is InChI=1S/C15H20N4O2/c1-3-19(4-2)12(11-8-6-5-7-9-11)10-16-15-17-13(20)14(21)18-15/h5-9,12H,3-4,10H2,1-2H3,(H2,16,17,18,20,21). The van der Waals surface area contributed by atoms with Gasteiger partial charge < -0.3 is 0 Å². The van der Waals surface area contributed by atoms with E-state index in [1.54, 1.807) is 0 Å². The Labute approximate surface area is 124 Å². The first kappa shape index (κ1) is 15.2. The first-order chi connectivity index (χ1) is 10.2. The van der Waals surface area contributed by atoms with E-state index in [1.807, 2.05) is 18.2 Å². The fourth-order valence-corrected chi connectivity index (χ4v) is 2.39. The molecule has 0 bridgehead atoms. The average Bonchev–Trinajstić information content (AvgIpc) is 2.83. The van der Waals surface area contributed by atoms with E-state index in [0.717, 1.165) is 13.1 Å². The van der Waals surface area contributed by atoms with Gasteiger partial charge in [0, 0.05) is 0 Å². The number of hydrogen-bond acceptors (Lipinski definition) is 4. The highest BCUT2D eigenvalue weighted by atomic mass is 16.2. The quantitative estimate of drug-likeness (QED) is 0.756. The Hall–Kier alpha value is -2.21. The zero-order valence-electron chi connectivity index (χ0n) is 12.3. The predicted molar refractivity (Wildman–Crippen MR) is 80.7 cm³/mol. The summed E-state index contributed by atoms with van der Waals surface area (Å²) in [4.78, 5) is 28.9. The summed E-state index contributed by atoms with van der Waals surface area (Å²) < 4.78 is 0. The van der Waals surface area contributed by atoms with Crippen LogP contribution in [0.25, 0.3) is 0 Å². The van der Waals surface area contributed by atoms with Crippen molar-refractivity contribution in [3.05, 3.63) is 35.9 Å². The van der Waals surface area contributed by atoms with E-state index < -0.39 is 11.8 Å². The van der Waals surface area contributed by atoms with Crippen molar-refractivity contribution in [1.29, 1.82) is 0 Å². The largest absolute Gasteiger partial charge is 0.316 e. The van der Waals surface area contributed by atoms with Crippen LogP contribution in [0.3, 0.4) is 0 Å². The highest BCUT2D eigenvalue weighted by Crippen LogP contribution is 2.20. The second kappa shape index (κ2) is 6.99. The van der Waals surface area contributed by atoms with Gasteiger partial charge in [-0.15, -0.1) is 0 Å². The van der Waals surface area contributed by atoms with Crippen LogP contribution in [0.15, 0.2) is 35.3 Å². The van der Waals surface area contributed by atoms with E-state index >= 15 is 0 Å². The Morgan fingerprint density at radius 3 is 2.14 bits per heavy atom. The molecule has 0 spiro atoms. The molecule has 1 fully saturated rings. The molecular formula is C15H20N4O2. The number of likely N-dealkylation sites (N-methyl/N-ethyl adjacent to an activating group) is 1. The molecule has 1 aromatic carbocycles. The third-order valence-electron chi connectivity index (χ3n) is 3.53. The smallest absolute Gasteiger partial charge is 0.295 e. The van der Waals surface area contributed by atoms with E-state index in [9.17, 15) is 9.59 Å². The molecule has 0 saturated carbocycles. The summed E-state index contributed by atoms with van der Waals surface area (Å²) in [5.74, 6) is -1.08. The van der Waals surface area contributed by atoms with Crippen molar-refractivity contribution < 1.29 is 9.59 Å². The molecule has 1 atom stereocenters. The fourth-order valence-electron chi connectivity index (χ4n) is 2.39. The summed E-state index contributed by atoms with van der Waals surface area (Å²) in [7, 11) is 0. The van der Waals surface area contributed by atoms with Gasteiger partial charge in [0.05, 0.1) is 12.6 Å².